The molecule has 0 spiro atoms. The van der Waals surface area contributed by atoms with E-state index in [1.165, 1.54) is 36.4 Å². The first-order valence-electron chi connectivity index (χ1n) is 5.83. The molecule has 4 N–H and O–H groups in total. The summed E-state index contributed by atoms with van der Waals surface area (Å²) >= 11 is 0. The summed E-state index contributed by atoms with van der Waals surface area (Å²) in [5.41, 5.74) is 5.99. The minimum Gasteiger partial charge on any atom is -0.399 e. The van der Waals surface area contributed by atoms with Gasteiger partial charge in [-0.2, -0.15) is 0 Å². The van der Waals surface area contributed by atoms with Gasteiger partial charge in [-0.15, -0.1) is 0 Å². The van der Waals surface area contributed by atoms with Crippen LogP contribution in [0.15, 0.2) is 42.5 Å². The van der Waals surface area contributed by atoms with Crippen molar-refractivity contribution < 1.29 is 14.1 Å². The van der Waals surface area contributed by atoms with Crippen LogP contribution >= 0.6 is 0 Å². The number of carbonyl (C=O) groups is 1. The van der Waals surface area contributed by atoms with Crippen LogP contribution in [-0.4, -0.2) is 11.0 Å². The summed E-state index contributed by atoms with van der Waals surface area (Å²) in [5.74, 6) is -0.622. The molecule has 0 saturated heterocycles. The zero-order valence-electron chi connectivity index (χ0n) is 10.7. The molecular weight excluding hydrogens is 279 g/mol. The van der Waals surface area contributed by atoms with E-state index in [0.717, 1.165) is 6.07 Å². The molecule has 2 rings (SSSR count). The number of urea groups is 1. The van der Waals surface area contributed by atoms with E-state index in [1.54, 1.807) is 0 Å². The van der Waals surface area contributed by atoms with Gasteiger partial charge in [-0.05, 0) is 30.3 Å². The minimum absolute atomic E-state index is 0.0607. The van der Waals surface area contributed by atoms with Gasteiger partial charge in [-0.3, -0.25) is 10.1 Å². The fourth-order valence-corrected chi connectivity index (χ4v) is 1.59. The Morgan fingerprint density at radius 3 is 2.43 bits per heavy atom. The Hall–Kier alpha value is -3.16. The predicted octanol–water partition coefficient (Wildman–Crippen LogP) is 2.96. The number of nitro benzene ring substituents is 1. The van der Waals surface area contributed by atoms with Crippen molar-refractivity contribution in [2.45, 2.75) is 0 Å². The molecule has 0 aliphatic rings. The zero-order chi connectivity index (χ0) is 15.4. The Labute approximate surface area is 118 Å². The molecule has 0 aliphatic carbocycles. The predicted molar refractivity (Wildman–Crippen MR) is 76.6 cm³/mol. The first kappa shape index (κ1) is 14.3. The minimum atomic E-state index is -0.687. The van der Waals surface area contributed by atoms with E-state index in [-0.39, 0.29) is 11.4 Å². The summed E-state index contributed by atoms with van der Waals surface area (Å²) in [6.45, 7) is 0. The van der Waals surface area contributed by atoms with Crippen LogP contribution in [0.25, 0.3) is 0 Å². The highest BCUT2D eigenvalue weighted by molar-refractivity contribution is 6.00. The first-order chi connectivity index (χ1) is 9.95. The van der Waals surface area contributed by atoms with E-state index in [9.17, 15) is 19.3 Å². The Morgan fingerprint density at radius 1 is 1.14 bits per heavy atom. The van der Waals surface area contributed by atoms with E-state index in [4.69, 9.17) is 5.73 Å². The number of amides is 2. The van der Waals surface area contributed by atoms with Crippen LogP contribution < -0.4 is 16.4 Å². The average molecular weight is 290 g/mol. The molecule has 0 fully saturated rings. The monoisotopic (exact) mass is 290 g/mol. The lowest BCUT2D eigenvalue weighted by Crippen LogP contribution is -2.20. The standard InChI is InChI=1S/C13H11FN4O3/c14-11-6-1-8(15)7-12(11)17-13(19)16-9-2-4-10(5-3-9)18(20)21/h1-7H,15H2,(H2,16,17,19). The number of nitrogens with two attached hydrogens (primary N) is 1. The number of rotatable bonds is 3. The molecule has 0 saturated carbocycles. The lowest BCUT2D eigenvalue weighted by Gasteiger charge is -2.09. The molecule has 0 atom stereocenters. The van der Waals surface area contributed by atoms with Crippen LogP contribution in [0.4, 0.5) is 31.9 Å². The third kappa shape index (κ3) is 3.66. The Balaban J connectivity index is 2.04. The zero-order valence-corrected chi connectivity index (χ0v) is 10.7. The normalized spacial score (nSPS) is 9.95. The van der Waals surface area contributed by atoms with Gasteiger partial charge < -0.3 is 16.4 Å². The number of anilines is 3. The number of nitrogens with one attached hydrogen (secondary N) is 2. The van der Waals surface area contributed by atoms with Gasteiger partial charge in [0.05, 0.1) is 10.6 Å². The van der Waals surface area contributed by atoms with Crippen LogP contribution in [-0.2, 0) is 0 Å². The van der Waals surface area contributed by atoms with Crippen LogP contribution in [0.2, 0.25) is 0 Å². The molecule has 7 nitrogen and oxygen atoms in total. The second-order valence-corrected chi connectivity index (χ2v) is 4.12. The lowest BCUT2D eigenvalue weighted by atomic mass is 10.2. The number of non-ortho nitro benzene ring substituents is 1. The highest BCUT2D eigenvalue weighted by atomic mass is 19.1. The molecule has 2 aromatic carbocycles. The van der Waals surface area contributed by atoms with Crippen molar-refractivity contribution >= 4 is 28.8 Å². The van der Waals surface area contributed by atoms with E-state index >= 15 is 0 Å². The van der Waals surface area contributed by atoms with Gasteiger partial charge in [0.1, 0.15) is 5.82 Å². The molecule has 0 unspecified atom stereocenters. The maximum atomic E-state index is 13.4. The summed E-state index contributed by atoms with van der Waals surface area (Å²) < 4.78 is 13.4. The van der Waals surface area contributed by atoms with Crippen LogP contribution in [0.5, 0.6) is 0 Å². The topological polar surface area (TPSA) is 110 Å². The van der Waals surface area contributed by atoms with Gasteiger partial charge in [0.25, 0.3) is 5.69 Å². The van der Waals surface area contributed by atoms with Crippen LogP contribution in [0, 0.1) is 15.9 Å². The number of nitro groups is 1. The summed E-state index contributed by atoms with van der Waals surface area (Å²) in [4.78, 5) is 21.6. The highest BCUT2D eigenvalue weighted by Gasteiger charge is 2.09. The molecule has 8 heteroatoms. The van der Waals surface area contributed by atoms with Crippen molar-refractivity contribution in [3.63, 3.8) is 0 Å². The van der Waals surface area contributed by atoms with Gasteiger partial charge in [-0.1, -0.05) is 0 Å². The van der Waals surface area contributed by atoms with Crippen molar-refractivity contribution in [3.05, 3.63) is 58.4 Å². The van der Waals surface area contributed by atoms with E-state index in [0.29, 0.717) is 11.4 Å². The molecule has 2 aromatic rings. The second kappa shape index (κ2) is 5.87. The third-order valence-electron chi connectivity index (χ3n) is 2.57. The molecule has 0 bridgehead atoms. The van der Waals surface area contributed by atoms with Crippen molar-refractivity contribution in [3.8, 4) is 0 Å². The first-order valence-corrected chi connectivity index (χ1v) is 5.83. The summed E-state index contributed by atoms with van der Waals surface area (Å²) in [6, 6.07) is 8.33. The summed E-state index contributed by atoms with van der Waals surface area (Å²) in [7, 11) is 0. The van der Waals surface area contributed by atoms with Crippen molar-refractivity contribution in [1.82, 2.24) is 0 Å². The Kier molecular flexibility index (Phi) is 3.98. The smallest absolute Gasteiger partial charge is 0.323 e. The van der Waals surface area contributed by atoms with Crippen molar-refractivity contribution in [2.24, 2.45) is 0 Å². The fourth-order valence-electron chi connectivity index (χ4n) is 1.59. The number of hydrogen-bond donors (Lipinski definition) is 3. The van der Waals surface area contributed by atoms with Gasteiger partial charge >= 0.3 is 6.03 Å². The fraction of sp³-hybridized carbons (Fsp3) is 0. The average Bonchev–Trinajstić information content (AvgIpc) is 2.43. The number of halogens is 1. The molecule has 0 radical (unpaired) electrons. The van der Waals surface area contributed by atoms with Gasteiger partial charge in [0.2, 0.25) is 0 Å². The van der Waals surface area contributed by atoms with Gasteiger partial charge in [-0.25, -0.2) is 9.18 Å². The quantitative estimate of drug-likeness (QED) is 0.458. The second-order valence-electron chi connectivity index (χ2n) is 4.12. The Morgan fingerprint density at radius 2 is 1.81 bits per heavy atom. The number of nitrogen functional groups attached to an aromatic ring is 1. The highest BCUT2D eigenvalue weighted by Crippen LogP contribution is 2.19. The van der Waals surface area contributed by atoms with Gasteiger partial charge in [0, 0.05) is 23.5 Å². The van der Waals surface area contributed by atoms with E-state index in [2.05, 4.69) is 10.6 Å². The van der Waals surface area contributed by atoms with E-state index < -0.39 is 16.8 Å². The lowest BCUT2D eigenvalue weighted by molar-refractivity contribution is -0.384. The maximum absolute atomic E-state index is 13.4. The summed E-state index contributed by atoms with van der Waals surface area (Å²) in [5, 5.41) is 15.2. The number of carbonyl (C=O) groups excluding carboxylic acids is 1. The molecule has 2 amide bonds. The third-order valence-corrected chi connectivity index (χ3v) is 2.57. The molecule has 108 valence electrons. The number of hydrogen-bond acceptors (Lipinski definition) is 4. The molecular formula is C13H11FN4O3. The number of benzene rings is 2. The Bertz CT molecular complexity index is 688. The van der Waals surface area contributed by atoms with E-state index in [1.807, 2.05) is 0 Å². The van der Waals surface area contributed by atoms with Crippen molar-refractivity contribution in [2.75, 3.05) is 16.4 Å². The number of nitrogens with zero attached hydrogens (tertiary/aromatic N) is 1. The molecule has 21 heavy (non-hydrogen) atoms. The van der Waals surface area contributed by atoms with Crippen LogP contribution in [0.3, 0.4) is 0 Å². The van der Waals surface area contributed by atoms with Crippen molar-refractivity contribution in [1.29, 1.82) is 0 Å². The summed E-state index contributed by atoms with van der Waals surface area (Å²) in [6.07, 6.45) is 0. The maximum Gasteiger partial charge on any atom is 0.323 e. The SMILES string of the molecule is Nc1ccc(F)c(NC(=O)Nc2ccc([N+](=O)[O-])cc2)c1. The molecule has 0 aliphatic heterocycles. The van der Waals surface area contributed by atoms with Gasteiger partial charge in [0.15, 0.2) is 0 Å². The largest absolute Gasteiger partial charge is 0.399 e. The molecule has 0 heterocycles. The van der Waals surface area contributed by atoms with Crippen LogP contribution in [0.1, 0.15) is 0 Å². The molecule has 0 aromatic heterocycles.